The number of carbonyl (C=O) groups excluding carboxylic acids is 1. The maximum Gasteiger partial charge on any atom is 0.263 e. The largest absolute Gasteiger partial charge is 0.493 e. The van der Waals surface area contributed by atoms with Crippen molar-refractivity contribution in [1.29, 1.82) is 0 Å². The van der Waals surface area contributed by atoms with E-state index in [-0.39, 0.29) is 16.3 Å². The van der Waals surface area contributed by atoms with E-state index in [1.54, 1.807) is 31.7 Å². The van der Waals surface area contributed by atoms with Crippen molar-refractivity contribution in [2.45, 2.75) is 30.7 Å². The Kier molecular flexibility index (Phi) is 6.58. The molecule has 1 aliphatic rings. The van der Waals surface area contributed by atoms with Crippen LogP contribution in [0.3, 0.4) is 0 Å². The average molecular weight is 425 g/mol. The van der Waals surface area contributed by atoms with E-state index in [0.717, 1.165) is 36.2 Å². The fourth-order valence-corrected chi connectivity index (χ4v) is 6.00. The molecule has 0 unspecified atom stereocenters. The molecule has 0 atom stereocenters. The summed E-state index contributed by atoms with van der Waals surface area (Å²) in [5.74, 6) is 0.768. The zero-order valence-corrected chi connectivity index (χ0v) is 17.6. The predicted molar refractivity (Wildman–Crippen MR) is 108 cm³/mol. The van der Waals surface area contributed by atoms with Gasteiger partial charge in [-0.25, -0.2) is 8.42 Å². The van der Waals surface area contributed by atoms with E-state index in [1.165, 1.54) is 10.4 Å². The Hall–Kier alpha value is -2.10. The van der Waals surface area contributed by atoms with Crippen molar-refractivity contribution in [1.82, 2.24) is 9.62 Å². The van der Waals surface area contributed by atoms with Gasteiger partial charge in [-0.15, -0.1) is 11.3 Å². The van der Waals surface area contributed by atoms with Crippen LogP contribution in [-0.2, 0) is 16.6 Å². The van der Waals surface area contributed by atoms with Crippen LogP contribution in [0.1, 0.15) is 34.5 Å². The lowest BCUT2D eigenvalue weighted by molar-refractivity contribution is 0.0951. The lowest BCUT2D eigenvalue weighted by Crippen LogP contribution is -2.36. The Balaban J connectivity index is 1.73. The van der Waals surface area contributed by atoms with Gasteiger partial charge in [-0.05, 0) is 42.0 Å². The third-order valence-electron chi connectivity index (χ3n) is 4.67. The molecule has 0 aliphatic carbocycles. The molecule has 0 spiro atoms. The number of nitrogens with zero attached hydrogens (tertiary/aromatic N) is 1. The molecular weight excluding hydrogens is 400 g/mol. The average Bonchev–Trinajstić information content (AvgIpc) is 3.23. The highest BCUT2D eigenvalue weighted by Crippen LogP contribution is 2.29. The molecular formula is C19H24N2O5S2. The molecule has 28 heavy (non-hydrogen) atoms. The molecule has 1 aliphatic heterocycles. The van der Waals surface area contributed by atoms with Crippen LogP contribution in [-0.4, -0.2) is 45.9 Å². The number of sulfonamides is 1. The van der Waals surface area contributed by atoms with Crippen LogP contribution < -0.4 is 14.8 Å². The maximum absolute atomic E-state index is 12.9. The highest BCUT2D eigenvalue weighted by molar-refractivity contribution is 7.89. The van der Waals surface area contributed by atoms with Crippen LogP contribution in [0.4, 0.5) is 0 Å². The second kappa shape index (κ2) is 8.93. The third kappa shape index (κ3) is 4.31. The number of amides is 1. The minimum Gasteiger partial charge on any atom is -0.493 e. The standard InChI is InChI=1S/C19H24N2O5S2/c1-25-15-7-6-14(12-16(15)26-2)13-20-19(22)18-17(8-11-27-18)28(23,24)21-9-4-3-5-10-21/h6-8,11-12H,3-5,9-10,13H2,1-2H3,(H,20,22). The van der Waals surface area contributed by atoms with E-state index in [0.29, 0.717) is 24.6 Å². The Morgan fingerprint density at radius 2 is 1.82 bits per heavy atom. The van der Waals surface area contributed by atoms with Crippen LogP contribution in [0.15, 0.2) is 34.5 Å². The molecule has 7 nitrogen and oxygen atoms in total. The Labute approximate surface area is 169 Å². The molecule has 1 aromatic carbocycles. The normalized spacial score (nSPS) is 15.2. The first kappa shape index (κ1) is 20.6. The van der Waals surface area contributed by atoms with E-state index in [9.17, 15) is 13.2 Å². The van der Waals surface area contributed by atoms with Crippen molar-refractivity contribution < 1.29 is 22.7 Å². The third-order valence-corrected chi connectivity index (χ3v) is 7.65. The topological polar surface area (TPSA) is 84.9 Å². The molecule has 2 aromatic rings. The number of carbonyl (C=O) groups is 1. The lowest BCUT2D eigenvalue weighted by atomic mass is 10.2. The van der Waals surface area contributed by atoms with Gasteiger partial charge in [0.15, 0.2) is 11.5 Å². The van der Waals surface area contributed by atoms with Gasteiger partial charge < -0.3 is 14.8 Å². The zero-order valence-electron chi connectivity index (χ0n) is 15.9. The quantitative estimate of drug-likeness (QED) is 0.739. The van der Waals surface area contributed by atoms with Gasteiger partial charge in [0.1, 0.15) is 9.77 Å². The van der Waals surface area contributed by atoms with Gasteiger partial charge in [0.05, 0.1) is 14.2 Å². The number of ether oxygens (including phenoxy) is 2. The van der Waals surface area contributed by atoms with Gasteiger partial charge in [-0.2, -0.15) is 4.31 Å². The smallest absolute Gasteiger partial charge is 0.263 e. The summed E-state index contributed by atoms with van der Waals surface area (Å²) in [6, 6.07) is 6.87. The van der Waals surface area contributed by atoms with E-state index >= 15 is 0 Å². The Morgan fingerprint density at radius 1 is 1.11 bits per heavy atom. The van der Waals surface area contributed by atoms with Crippen LogP contribution in [0.25, 0.3) is 0 Å². The molecule has 3 rings (SSSR count). The number of nitrogens with one attached hydrogen (secondary N) is 1. The monoisotopic (exact) mass is 424 g/mol. The first-order valence-corrected chi connectivity index (χ1v) is 11.4. The van der Waals surface area contributed by atoms with Gasteiger partial charge in [-0.1, -0.05) is 12.5 Å². The SMILES string of the molecule is COc1ccc(CNC(=O)c2sccc2S(=O)(=O)N2CCCCC2)cc1OC. The highest BCUT2D eigenvalue weighted by Gasteiger charge is 2.30. The number of thiophene rings is 1. The maximum atomic E-state index is 12.9. The summed E-state index contributed by atoms with van der Waals surface area (Å²) in [4.78, 5) is 13.0. The molecule has 0 saturated carbocycles. The summed E-state index contributed by atoms with van der Waals surface area (Å²) in [5, 5.41) is 4.44. The minimum absolute atomic E-state index is 0.0872. The summed E-state index contributed by atoms with van der Waals surface area (Å²) >= 11 is 1.13. The fraction of sp³-hybridized carbons (Fsp3) is 0.421. The molecule has 2 heterocycles. The molecule has 1 saturated heterocycles. The minimum atomic E-state index is -3.65. The van der Waals surface area contributed by atoms with Crippen LogP contribution >= 0.6 is 11.3 Å². The molecule has 1 fully saturated rings. The summed E-state index contributed by atoms with van der Waals surface area (Å²) in [6.45, 7) is 1.26. The number of rotatable bonds is 7. The van der Waals surface area contributed by atoms with E-state index < -0.39 is 15.9 Å². The number of piperidine rings is 1. The summed E-state index contributed by atoms with van der Waals surface area (Å²) < 4.78 is 37.8. The van der Waals surface area contributed by atoms with Crippen molar-refractivity contribution in [2.24, 2.45) is 0 Å². The Morgan fingerprint density at radius 3 is 2.50 bits per heavy atom. The Bertz CT molecular complexity index is 934. The van der Waals surface area contributed by atoms with Crippen molar-refractivity contribution in [2.75, 3.05) is 27.3 Å². The zero-order chi connectivity index (χ0) is 20.1. The van der Waals surface area contributed by atoms with Gasteiger partial charge >= 0.3 is 0 Å². The van der Waals surface area contributed by atoms with E-state index in [1.807, 2.05) is 6.07 Å². The van der Waals surface area contributed by atoms with Gasteiger partial charge in [0, 0.05) is 19.6 Å². The van der Waals surface area contributed by atoms with Crippen molar-refractivity contribution in [3.05, 3.63) is 40.1 Å². The molecule has 1 aromatic heterocycles. The highest BCUT2D eigenvalue weighted by atomic mass is 32.2. The van der Waals surface area contributed by atoms with Crippen LogP contribution in [0.2, 0.25) is 0 Å². The molecule has 152 valence electrons. The fourth-order valence-electron chi connectivity index (χ4n) is 3.16. The van der Waals surface area contributed by atoms with Gasteiger partial charge in [-0.3, -0.25) is 4.79 Å². The van der Waals surface area contributed by atoms with Crippen molar-refractivity contribution in [3.8, 4) is 11.5 Å². The summed E-state index contributed by atoms with van der Waals surface area (Å²) in [6.07, 6.45) is 2.74. The predicted octanol–water partition coefficient (Wildman–Crippen LogP) is 2.87. The van der Waals surface area contributed by atoms with Gasteiger partial charge in [0.25, 0.3) is 5.91 Å². The van der Waals surface area contributed by atoms with E-state index in [4.69, 9.17) is 9.47 Å². The first-order valence-electron chi connectivity index (χ1n) is 9.04. The van der Waals surface area contributed by atoms with Gasteiger partial charge in [0.2, 0.25) is 10.0 Å². The van der Waals surface area contributed by atoms with E-state index in [2.05, 4.69) is 5.32 Å². The number of benzene rings is 1. The first-order chi connectivity index (χ1) is 13.5. The molecule has 0 bridgehead atoms. The summed E-state index contributed by atoms with van der Waals surface area (Å²) in [7, 11) is -0.549. The number of methoxy groups -OCH3 is 2. The second-order valence-corrected chi connectivity index (χ2v) is 9.27. The lowest BCUT2D eigenvalue weighted by Gasteiger charge is -2.25. The van der Waals surface area contributed by atoms with Crippen LogP contribution in [0, 0.1) is 0 Å². The molecule has 1 N–H and O–H groups in total. The van der Waals surface area contributed by atoms with Crippen molar-refractivity contribution in [3.63, 3.8) is 0 Å². The van der Waals surface area contributed by atoms with Crippen molar-refractivity contribution >= 4 is 27.3 Å². The number of hydrogen-bond acceptors (Lipinski definition) is 6. The van der Waals surface area contributed by atoms with Crippen LogP contribution in [0.5, 0.6) is 11.5 Å². The molecule has 1 amide bonds. The summed E-state index contributed by atoms with van der Waals surface area (Å²) in [5.41, 5.74) is 0.822. The second-order valence-electron chi connectivity index (χ2n) is 6.45. The molecule has 9 heteroatoms. The molecule has 0 radical (unpaired) electrons. The number of hydrogen-bond donors (Lipinski definition) is 1.